The van der Waals surface area contributed by atoms with Crippen molar-refractivity contribution in [3.05, 3.63) is 18.5 Å². The van der Waals surface area contributed by atoms with Crippen LogP contribution in [0.2, 0.25) is 0 Å². The summed E-state index contributed by atoms with van der Waals surface area (Å²) in [7, 11) is 3.15. The Balaban J connectivity index is 2.70. The van der Waals surface area contributed by atoms with E-state index in [9.17, 15) is 0 Å². The molecule has 2 aromatic rings. The minimum Gasteiger partial charge on any atom is -0.482 e. The molecule has 5 nitrogen and oxygen atoms in total. The highest BCUT2D eigenvalue weighted by Gasteiger charge is 2.05. The molecule has 13 heavy (non-hydrogen) atoms. The Kier molecular flexibility index (Phi) is 1.77. The molecule has 0 aliphatic carbocycles. The number of nitrogens with zero attached hydrogens (tertiary/aromatic N) is 3. The number of hydrogen-bond acceptors (Lipinski definition) is 4. The van der Waals surface area contributed by atoms with Gasteiger partial charge in [-0.1, -0.05) is 0 Å². The summed E-state index contributed by atoms with van der Waals surface area (Å²) in [5, 5.41) is 0. The van der Waals surface area contributed by atoms with Crippen LogP contribution < -0.4 is 9.47 Å². The van der Waals surface area contributed by atoms with Gasteiger partial charge in [-0.05, 0) is 0 Å². The van der Waals surface area contributed by atoms with Crippen molar-refractivity contribution in [1.82, 2.24) is 14.4 Å². The largest absolute Gasteiger partial charge is 0.482 e. The Bertz CT molecular complexity index is 424. The average molecular weight is 179 g/mol. The number of rotatable bonds is 2. The van der Waals surface area contributed by atoms with Gasteiger partial charge in [0.25, 0.3) is 0 Å². The highest BCUT2D eigenvalue weighted by molar-refractivity contribution is 5.37. The summed E-state index contributed by atoms with van der Waals surface area (Å²) in [5.74, 6) is 1.71. The van der Waals surface area contributed by atoms with Gasteiger partial charge in [0, 0.05) is 12.4 Å². The van der Waals surface area contributed by atoms with Gasteiger partial charge in [0.2, 0.25) is 17.5 Å². The lowest BCUT2D eigenvalue weighted by Gasteiger charge is -2.04. The fourth-order valence-electron chi connectivity index (χ4n) is 1.12. The van der Waals surface area contributed by atoms with E-state index >= 15 is 0 Å². The van der Waals surface area contributed by atoms with E-state index in [-0.39, 0.29) is 0 Å². The molecule has 0 amide bonds. The Morgan fingerprint density at radius 2 is 2.15 bits per heavy atom. The van der Waals surface area contributed by atoms with Gasteiger partial charge in [0.15, 0.2) is 0 Å². The fourth-order valence-corrected chi connectivity index (χ4v) is 1.12. The molecule has 0 aliphatic heterocycles. The smallest absolute Gasteiger partial charge is 0.239 e. The summed E-state index contributed by atoms with van der Waals surface area (Å²) in [4.78, 5) is 8.14. The number of imidazole rings is 1. The first-order valence-electron chi connectivity index (χ1n) is 3.77. The highest BCUT2D eigenvalue weighted by atomic mass is 16.5. The molecular formula is C8H9N3O2. The van der Waals surface area contributed by atoms with Crippen LogP contribution in [0.1, 0.15) is 0 Å². The molecule has 0 N–H and O–H groups in total. The fraction of sp³-hybridized carbons (Fsp3) is 0.250. The van der Waals surface area contributed by atoms with E-state index in [1.165, 1.54) is 0 Å². The van der Waals surface area contributed by atoms with Crippen LogP contribution in [0.3, 0.4) is 0 Å². The molecule has 0 fully saturated rings. The minimum atomic E-state index is 0.496. The molecule has 68 valence electrons. The normalized spacial score (nSPS) is 10.3. The molecule has 0 saturated carbocycles. The number of ether oxygens (including phenoxy) is 2. The lowest BCUT2D eigenvalue weighted by molar-refractivity contribution is 0.369. The molecule has 0 unspecified atom stereocenters. The molecule has 5 heteroatoms. The summed E-state index contributed by atoms with van der Waals surface area (Å²) in [6.45, 7) is 0. The quantitative estimate of drug-likeness (QED) is 0.682. The summed E-state index contributed by atoms with van der Waals surface area (Å²) in [5.41, 5.74) is 0. The van der Waals surface area contributed by atoms with Crippen molar-refractivity contribution < 1.29 is 9.47 Å². The predicted octanol–water partition coefficient (Wildman–Crippen LogP) is 0.746. The Morgan fingerprint density at radius 3 is 2.85 bits per heavy atom. The van der Waals surface area contributed by atoms with Crippen molar-refractivity contribution in [3.63, 3.8) is 0 Å². The topological polar surface area (TPSA) is 48.7 Å². The zero-order valence-electron chi connectivity index (χ0n) is 7.39. The molecule has 2 rings (SSSR count). The molecule has 2 heterocycles. The van der Waals surface area contributed by atoms with Gasteiger partial charge in [-0.25, -0.2) is 4.98 Å². The molecule has 0 bridgehead atoms. The second-order valence-corrected chi connectivity index (χ2v) is 2.44. The van der Waals surface area contributed by atoms with E-state index in [4.69, 9.17) is 9.47 Å². The zero-order valence-corrected chi connectivity index (χ0v) is 7.39. The summed E-state index contributed by atoms with van der Waals surface area (Å²) >= 11 is 0. The first-order chi connectivity index (χ1) is 6.35. The van der Waals surface area contributed by atoms with Crippen LogP contribution in [0, 0.1) is 0 Å². The van der Waals surface area contributed by atoms with Crippen LogP contribution in [-0.2, 0) is 0 Å². The summed E-state index contributed by atoms with van der Waals surface area (Å²) < 4.78 is 11.9. The van der Waals surface area contributed by atoms with Crippen molar-refractivity contribution in [2.45, 2.75) is 0 Å². The maximum atomic E-state index is 5.13. The van der Waals surface area contributed by atoms with Crippen molar-refractivity contribution in [1.29, 1.82) is 0 Å². The van der Waals surface area contributed by atoms with Gasteiger partial charge in [0.1, 0.15) is 0 Å². The van der Waals surface area contributed by atoms with E-state index in [2.05, 4.69) is 9.97 Å². The van der Waals surface area contributed by atoms with E-state index in [1.54, 1.807) is 37.1 Å². The monoisotopic (exact) mass is 179 g/mol. The van der Waals surface area contributed by atoms with E-state index in [1.807, 2.05) is 0 Å². The number of fused-ring (bicyclic) bond motifs is 1. The SMILES string of the molecule is COc1cc(OC)n2ccnc2n1. The van der Waals surface area contributed by atoms with Crippen molar-refractivity contribution in [2.75, 3.05) is 14.2 Å². The van der Waals surface area contributed by atoms with Crippen LogP contribution in [0.15, 0.2) is 18.5 Å². The van der Waals surface area contributed by atoms with Crippen LogP contribution in [0.25, 0.3) is 5.78 Å². The van der Waals surface area contributed by atoms with Crippen molar-refractivity contribution in [3.8, 4) is 11.8 Å². The summed E-state index contributed by atoms with van der Waals surface area (Å²) in [6, 6.07) is 1.70. The first-order valence-corrected chi connectivity index (χ1v) is 3.77. The van der Waals surface area contributed by atoms with Gasteiger partial charge >= 0.3 is 0 Å². The molecule has 0 radical (unpaired) electrons. The van der Waals surface area contributed by atoms with E-state index in [0.717, 1.165) is 0 Å². The molecule has 0 spiro atoms. The average Bonchev–Trinajstić information content (AvgIpc) is 2.63. The standard InChI is InChI=1S/C8H9N3O2/c1-12-6-5-7(13-2)11-4-3-9-8(11)10-6/h3-5H,1-2H3. The third kappa shape index (κ3) is 1.18. The second kappa shape index (κ2) is 2.93. The predicted molar refractivity (Wildman–Crippen MR) is 46.1 cm³/mol. The van der Waals surface area contributed by atoms with Crippen molar-refractivity contribution in [2.24, 2.45) is 0 Å². The van der Waals surface area contributed by atoms with Crippen LogP contribution >= 0.6 is 0 Å². The minimum absolute atomic E-state index is 0.496. The summed E-state index contributed by atoms with van der Waals surface area (Å²) in [6.07, 6.45) is 3.44. The van der Waals surface area contributed by atoms with Crippen LogP contribution in [0.4, 0.5) is 0 Å². The molecule has 2 aromatic heterocycles. The third-order valence-corrected chi connectivity index (χ3v) is 1.73. The number of methoxy groups -OCH3 is 2. The lowest BCUT2D eigenvalue weighted by atomic mass is 10.6. The van der Waals surface area contributed by atoms with Gasteiger partial charge in [-0.15, -0.1) is 0 Å². The van der Waals surface area contributed by atoms with E-state index < -0.39 is 0 Å². The molecule has 0 aromatic carbocycles. The maximum absolute atomic E-state index is 5.13. The highest BCUT2D eigenvalue weighted by Crippen LogP contribution is 2.18. The van der Waals surface area contributed by atoms with Gasteiger partial charge < -0.3 is 9.47 Å². The van der Waals surface area contributed by atoms with Gasteiger partial charge in [-0.3, -0.25) is 4.40 Å². The Labute approximate surface area is 74.9 Å². The second-order valence-electron chi connectivity index (χ2n) is 2.44. The molecule has 0 aliphatic rings. The van der Waals surface area contributed by atoms with Crippen LogP contribution in [-0.4, -0.2) is 28.6 Å². The lowest BCUT2D eigenvalue weighted by Crippen LogP contribution is -1.97. The molecular weight excluding hydrogens is 170 g/mol. The van der Waals surface area contributed by atoms with Gasteiger partial charge in [-0.2, -0.15) is 4.98 Å². The molecule has 0 saturated heterocycles. The third-order valence-electron chi connectivity index (χ3n) is 1.73. The van der Waals surface area contributed by atoms with Crippen molar-refractivity contribution >= 4 is 5.78 Å². The van der Waals surface area contributed by atoms with Crippen LogP contribution in [0.5, 0.6) is 11.8 Å². The molecule has 0 atom stereocenters. The number of hydrogen-bond donors (Lipinski definition) is 0. The first kappa shape index (κ1) is 7.85. The Morgan fingerprint density at radius 1 is 1.31 bits per heavy atom. The van der Waals surface area contributed by atoms with E-state index in [0.29, 0.717) is 17.5 Å². The Hall–Kier alpha value is -1.78. The maximum Gasteiger partial charge on any atom is 0.239 e. The van der Waals surface area contributed by atoms with Gasteiger partial charge in [0.05, 0.1) is 20.3 Å². The number of aromatic nitrogens is 3. The zero-order chi connectivity index (χ0) is 9.26.